The number of benzene rings is 2. The van der Waals surface area contributed by atoms with Crippen LogP contribution in [0.5, 0.6) is 0 Å². The fourth-order valence-electron chi connectivity index (χ4n) is 1.49. The maximum absolute atomic E-state index is 2.59. The van der Waals surface area contributed by atoms with E-state index in [-0.39, 0.29) is 0 Å². The molecule has 2 aromatic rings. The smallest absolute Gasteiger partial charge is 0.00248 e. The highest BCUT2D eigenvalue weighted by atomic mass is 127. The lowest BCUT2D eigenvalue weighted by Crippen LogP contribution is -1.90. The molecule has 0 aliphatic rings. The van der Waals surface area contributed by atoms with Crippen LogP contribution >= 0.6 is 28.4 Å². The SMILES string of the molecule is CS(I)(c1ccccc1)c1ccccc1. The molecule has 2 heteroatoms. The fourth-order valence-corrected chi connectivity index (χ4v) is 4.86. The Labute approximate surface area is 105 Å². The lowest BCUT2D eigenvalue weighted by Gasteiger charge is -2.29. The molecule has 15 heavy (non-hydrogen) atoms. The van der Waals surface area contributed by atoms with Crippen LogP contribution in [-0.4, -0.2) is 6.26 Å². The second-order valence-electron chi connectivity index (χ2n) is 3.45. The van der Waals surface area contributed by atoms with Gasteiger partial charge in [0.25, 0.3) is 0 Å². The summed E-state index contributed by atoms with van der Waals surface area (Å²) < 4.78 is 0. The van der Waals surface area contributed by atoms with Crippen molar-refractivity contribution in [1.82, 2.24) is 0 Å². The molecule has 0 spiro atoms. The van der Waals surface area contributed by atoms with E-state index in [2.05, 4.69) is 88.1 Å². The molecule has 2 aromatic carbocycles. The summed E-state index contributed by atoms with van der Waals surface area (Å²) in [6.45, 7) is 0. The first-order chi connectivity index (χ1) is 7.21. The molecule has 0 N–H and O–H groups in total. The minimum absolute atomic E-state index is 0.869. The van der Waals surface area contributed by atoms with Crippen molar-refractivity contribution in [2.45, 2.75) is 9.79 Å². The monoisotopic (exact) mass is 328 g/mol. The summed E-state index contributed by atoms with van der Waals surface area (Å²) in [5.41, 5.74) is 0. The first-order valence-electron chi connectivity index (χ1n) is 4.79. The van der Waals surface area contributed by atoms with Gasteiger partial charge in [-0.3, -0.25) is 0 Å². The minimum atomic E-state index is -0.869. The molecule has 0 heterocycles. The molecule has 0 atom stereocenters. The Hall–Kier alpha value is -0.480. The first kappa shape index (κ1) is 11.0. The molecule has 0 radical (unpaired) electrons. The highest BCUT2D eigenvalue weighted by molar-refractivity contribution is 14.2. The Kier molecular flexibility index (Phi) is 3.36. The maximum Gasteiger partial charge on any atom is 0.00248 e. The Morgan fingerprint density at radius 3 is 1.40 bits per heavy atom. The molecule has 2 rings (SSSR count). The van der Waals surface area contributed by atoms with Gasteiger partial charge in [-0.05, 0) is 51.7 Å². The van der Waals surface area contributed by atoms with Crippen molar-refractivity contribution < 1.29 is 0 Å². The molecular formula is C13H13IS. The summed E-state index contributed by atoms with van der Waals surface area (Å²) in [6, 6.07) is 21.5. The number of halogens is 1. The summed E-state index contributed by atoms with van der Waals surface area (Å²) in [5.74, 6) is 0. The van der Waals surface area contributed by atoms with E-state index in [9.17, 15) is 0 Å². The van der Waals surface area contributed by atoms with Gasteiger partial charge in [0.2, 0.25) is 0 Å². The second kappa shape index (κ2) is 4.58. The third-order valence-corrected chi connectivity index (χ3v) is 7.74. The molecule has 0 aliphatic carbocycles. The van der Waals surface area contributed by atoms with Crippen LogP contribution < -0.4 is 0 Å². The van der Waals surface area contributed by atoms with E-state index in [0.717, 1.165) is 0 Å². The topological polar surface area (TPSA) is 0 Å². The van der Waals surface area contributed by atoms with Gasteiger partial charge in [0.15, 0.2) is 0 Å². The van der Waals surface area contributed by atoms with Crippen LogP contribution in [0.2, 0.25) is 0 Å². The molecular weight excluding hydrogens is 315 g/mol. The molecule has 0 unspecified atom stereocenters. The number of rotatable bonds is 2. The minimum Gasteiger partial charge on any atom is -0.136 e. The van der Waals surface area contributed by atoms with Crippen molar-refractivity contribution in [3.05, 3.63) is 60.7 Å². The lowest BCUT2D eigenvalue weighted by atomic mass is 10.4. The van der Waals surface area contributed by atoms with Gasteiger partial charge < -0.3 is 0 Å². The van der Waals surface area contributed by atoms with E-state index < -0.39 is 7.20 Å². The van der Waals surface area contributed by atoms with Gasteiger partial charge in [-0.1, -0.05) is 36.4 Å². The Bertz CT molecular complexity index is 381. The van der Waals surface area contributed by atoms with Crippen molar-refractivity contribution in [2.75, 3.05) is 6.26 Å². The third-order valence-electron chi connectivity index (χ3n) is 2.37. The molecule has 0 amide bonds. The van der Waals surface area contributed by atoms with Gasteiger partial charge in [-0.15, -0.1) is 7.20 Å². The fraction of sp³-hybridized carbons (Fsp3) is 0.0769. The van der Waals surface area contributed by atoms with Gasteiger partial charge in [-0.2, -0.15) is 0 Å². The summed E-state index contributed by atoms with van der Waals surface area (Å²) in [6.07, 6.45) is 2.33. The van der Waals surface area contributed by atoms with E-state index in [1.165, 1.54) is 9.79 Å². The third kappa shape index (κ3) is 2.37. The van der Waals surface area contributed by atoms with Crippen LogP contribution in [0.3, 0.4) is 0 Å². The van der Waals surface area contributed by atoms with Crippen LogP contribution in [0, 0.1) is 0 Å². The zero-order valence-electron chi connectivity index (χ0n) is 8.56. The van der Waals surface area contributed by atoms with Crippen molar-refractivity contribution in [1.29, 1.82) is 0 Å². The van der Waals surface area contributed by atoms with Crippen LogP contribution in [0.25, 0.3) is 0 Å². The van der Waals surface area contributed by atoms with Crippen molar-refractivity contribution in [3.63, 3.8) is 0 Å². The molecule has 78 valence electrons. The van der Waals surface area contributed by atoms with Crippen molar-refractivity contribution >= 4 is 28.4 Å². The predicted octanol–water partition coefficient (Wildman–Crippen LogP) is 4.89. The molecule has 0 fully saturated rings. The largest absolute Gasteiger partial charge is 0.136 e. The van der Waals surface area contributed by atoms with Gasteiger partial charge >= 0.3 is 0 Å². The standard InChI is InChI=1S/C13H13IS/c1-15(14,12-8-4-2-5-9-12)13-10-6-3-7-11-13/h2-11H,1H3. The molecule has 0 saturated heterocycles. The van der Waals surface area contributed by atoms with E-state index in [4.69, 9.17) is 0 Å². The highest BCUT2D eigenvalue weighted by Crippen LogP contribution is 2.66. The van der Waals surface area contributed by atoms with Crippen LogP contribution in [0.4, 0.5) is 0 Å². The van der Waals surface area contributed by atoms with Crippen molar-refractivity contribution in [2.24, 2.45) is 0 Å². The maximum atomic E-state index is 2.59. The summed E-state index contributed by atoms with van der Waals surface area (Å²) in [4.78, 5) is 2.86. The zero-order valence-corrected chi connectivity index (χ0v) is 11.5. The van der Waals surface area contributed by atoms with Gasteiger partial charge in [0.1, 0.15) is 0 Å². The quantitative estimate of drug-likeness (QED) is 0.689. The average molecular weight is 328 g/mol. The van der Waals surface area contributed by atoms with Crippen LogP contribution in [0.15, 0.2) is 70.5 Å². The first-order valence-corrected chi connectivity index (χ1v) is 9.38. The van der Waals surface area contributed by atoms with Crippen LogP contribution in [0.1, 0.15) is 0 Å². The Morgan fingerprint density at radius 2 is 1.07 bits per heavy atom. The van der Waals surface area contributed by atoms with E-state index in [0.29, 0.717) is 0 Å². The van der Waals surface area contributed by atoms with E-state index >= 15 is 0 Å². The van der Waals surface area contributed by atoms with E-state index in [1.54, 1.807) is 0 Å². The zero-order chi connectivity index (χ0) is 10.7. The molecule has 0 aliphatic heterocycles. The second-order valence-corrected chi connectivity index (χ2v) is 11.3. The lowest BCUT2D eigenvalue weighted by molar-refractivity contribution is 1.38. The van der Waals surface area contributed by atoms with Crippen molar-refractivity contribution in [3.8, 4) is 0 Å². The van der Waals surface area contributed by atoms with E-state index in [1.807, 2.05) is 0 Å². The summed E-state index contributed by atoms with van der Waals surface area (Å²) in [5, 5.41) is 0. The molecule has 0 nitrogen and oxygen atoms in total. The van der Waals surface area contributed by atoms with Gasteiger partial charge in [0, 0.05) is 9.79 Å². The Morgan fingerprint density at radius 1 is 0.733 bits per heavy atom. The highest BCUT2D eigenvalue weighted by Gasteiger charge is 2.18. The van der Waals surface area contributed by atoms with Gasteiger partial charge in [0.05, 0.1) is 0 Å². The normalized spacial score (nSPS) is 12.4. The van der Waals surface area contributed by atoms with Gasteiger partial charge in [-0.25, -0.2) is 0 Å². The van der Waals surface area contributed by atoms with Crippen LogP contribution in [-0.2, 0) is 0 Å². The summed E-state index contributed by atoms with van der Waals surface area (Å²) >= 11 is 2.59. The molecule has 0 saturated carbocycles. The Balaban J connectivity index is 2.44. The summed E-state index contributed by atoms with van der Waals surface area (Å²) in [7, 11) is -0.869. The number of hydrogen-bond donors (Lipinski definition) is 0. The molecule has 0 aromatic heterocycles. The average Bonchev–Trinajstić information content (AvgIpc) is 2.31. The predicted molar refractivity (Wildman–Crippen MR) is 77.0 cm³/mol. The number of hydrogen-bond acceptors (Lipinski definition) is 0. The molecule has 0 bridgehead atoms.